The molecule has 1 heterocycles. The molecule has 0 spiro atoms. The van der Waals surface area contributed by atoms with Gasteiger partial charge in [0, 0.05) is 12.0 Å². The lowest BCUT2D eigenvalue weighted by Crippen LogP contribution is -2.11. The van der Waals surface area contributed by atoms with Crippen LogP contribution in [0.15, 0.2) is 21.4 Å². The van der Waals surface area contributed by atoms with Crippen LogP contribution in [0.4, 0.5) is 0 Å². The maximum absolute atomic E-state index is 12.4. The third kappa shape index (κ3) is 3.22. The van der Waals surface area contributed by atoms with Gasteiger partial charge in [0.25, 0.3) is 0 Å². The summed E-state index contributed by atoms with van der Waals surface area (Å²) in [5.41, 5.74) is 0.315. The van der Waals surface area contributed by atoms with E-state index >= 15 is 0 Å². The topological polar surface area (TPSA) is 80.4 Å². The Kier molecular flexibility index (Phi) is 4.33. The van der Waals surface area contributed by atoms with E-state index < -0.39 is 9.84 Å². The Morgan fingerprint density at radius 3 is 2.57 bits per heavy atom. The van der Waals surface area contributed by atoms with Crippen LogP contribution in [0.3, 0.4) is 0 Å². The number of rotatable bonds is 4. The molecule has 1 aromatic carbocycles. The molecule has 0 radical (unpaired) electrons. The molecule has 0 aliphatic heterocycles. The number of sulfone groups is 1. The number of benzene rings is 1. The highest BCUT2D eigenvalue weighted by atomic mass is 35.5. The first-order valence-corrected chi connectivity index (χ1v) is 8.63. The molecule has 21 heavy (non-hydrogen) atoms. The van der Waals surface area contributed by atoms with E-state index in [1.165, 1.54) is 6.07 Å². The van der Waals surface area contributed by atoms with Gasteiger partial charge in [-0.3, -0.25) is 0 Å². The lowest BCUT2D eigenvalue weighted by molar-refractivity contribution is 0.295. The number of aliphatic hydroxyl groups is 1. The smallest absolute Gasteiger partial charge is 0.200 e. The van der Waals surface area contributed by atoms with Crippen LogP contribution in [0.1, 0.15) is 33.1 Å². The van der Waals surface area contributed by atoms with Crippen molar-refractivity contribution in [1.82, 2.24) is 4.98 Å². The zero-order valence-corrected chi connectivity index (χ0v) is 13.8. The number of oxazole rings is 1. The molecule has 0 aliphatic rings. The second-order valence-corrected chi connectivity index (χ2v) is 8.34. The molecular weight excluding hydrogens is 314 g/mol. The predicted octanol–water partition coefficient (Wildman–Crippen LogP) is 2.93. The molecule has 0 saturated heterocycles. The fraction of sp³-hybridized carbons (Fsp3) is 0.500. The maximum atomic E-state index is 12.4. The van der Waals surface area contributed by atoms with Gasteiger partial charge in [-0.2, -0.15) is 0 Å². The number of aliphatic hydroxyl groups excluding tert-OH is 1. The van der Waals surface area contributed by atoms with Crippen LogP contribution in [0, 0.1) is 0 Å². The highest BCUT2D eigenvalue weighted by molar-refractivity contribution is 7.91. The first kappa shape index (κ1) is 16.3. The molecule has 0 amide bonds. The van der Waals surface area contributed by atoms with Gasteiger partial charge in [-0.25, -0.2) is 13.4 Å². The van der Waals surface area contributed by atoms with E-state index in [2.05, 4.69) is 4.98 Å². The summed E-state index contributed by atoms with van der Waals surface area (Å²) in [6.45, 7) is 5.59. The fourth-order valence-electron chi connectivity index (χ4n) is 1.91. The molecule has 1 aromatic heterocycles. The summed E-state index contributed by atoms with van der Waals surface area (Å²) >= 11 is 6.06. The molecule has 0 unspecified atom stereocenters. The minimum Gasteiger partial charge on any atom is -0.439 e. The highest BCUT2D eigenvalue weighted by Crippen LogP contribution is 2.34. The van der Waals surface area contributed by atoms with Gasteiger partial charge in [0.15, 0.2) is 15.4 Å². The molecular formula is C14H18ClNO4S. The van der Waals surface area contributed by atoms with Crippen molar-refractivity contribution in [2.24, 2.45) is 0 Å². The minimum atomic E-state index is -3.64. The number of halogens is 1. The van der Waals surface area contributed by atoms with Crippen LogP contribution in [-0.2, 0) is 15.3 Å². The molecule has 5 nitrogen and oxygen atoms in total. The van der Waals surface area contributed by atoms with Crippen molar-refractivity contribution in [1.29, 1.82) is 0 Å². The van der Waals surface area contributed by atoms with Crippen molar-refractivity contribution in [3.05, 3.63) is 23.0 Å². The van der Waals surface area contributed by atoms with E-state index in [4.69, 9.17) is 21.1 Å². The predicted molar refractivity (Wildman–Crippen MR) is 81.5 cm³/mol. The molecule has 0 bridgehead atoms. The van der Waals surface area contributed by atoms with E-state index in [1.54, 1.807) is 6.07 Å². The number of fused-ring (bicyclic) bond motifs is 1. The average molecular weight is 332 g/mol. The summed E-state index contributed by atoms with van der Waals surface area (Å²) in [6.07, 6.45) is 0.148. The molecule has 0 aliphatic carbocycles. The van der Waals surface area contributed by atoms with E-state index in [1.807, 2.05) is 20.8 Å². The van der Waals surface area contributed by atoms with Crippen LogP contribution in [-0.4, -0.2) is 30.9 Å². The summed E-state index contributed by atoms with van der Waals surface area (Å²) < 4.78 is 30.5. The van der Waals surface area contributed by atoms with Gasteiger partial charge in [0.1, 0.15) is 10.4 Å². The largest absolute Gasteiger partial charge is 0.439 e. The quantitative estimate of drug-likeness (QED) is 0.931. The standard InChI is InChI=1S/C14H18ClNO4S/c1-14(2,3)13-16-10-6-5-9(15)12(11(10)20-13)21(18,19)8-4-7-17/h5-6,17H,4,7-8H2,1-3H3. The average Bonchev–Trinajstić information content (AvgIpc) is 2.79. The lowest BCUT2D eigenvalue weighted by atomic mass is 9.97. The van der Waals surface area contributed by atoms with Gasteiger partial charge in [0.2, 0.25) is 5.89 Å². The van der Waals surface area contributed by atoms with Gasteiger partial charge in [-0.1, -0.05) is 32.4 Å². The van der Waals surface area contributed by atoms with Gasteiger partial charge in [0.05, 0.1) is 10.8 Å². The molecule has 0 saturated carbocycles. The molecule has 2 rings (SSSR count). The number of hydrogen-bond donors (Lipinski definition) is 1. The molecule has 1 N–H and O–H groups in total. The first-order chi connectivity index (χ1) is 9.66. The van der Waals surface area contributed by atoms with Crippen LogP contribution in [0.5, 0.6) is 0 Å². The molecule has 0 fully saturated rings. The number of aromatic nitrogens is 1. The van der Waals surface area contributed by atoms with Crippen LogP contribution < -0.4 is 0 Å². The second-order valence-electron chi connectivity index (χ2n) is 5.89. The Hall–Kier alpha value is -1.11. The zero-order chi connectivity index (χ0) is 15.8. The van der Waals surface area contributed by atoms with Crippen LogP contribution in [0.2, 0.25) is 5.02 Å². The molecule has 116 valence electrons. The Labute approximate surface area is 128 Å². The van der Waals surface area contributed by atoms with Gasteiger partial charge < -0.3 is 9.52 Å². The molecule has 2 aromatic rings. The van der Waals surface area contributed by atoms with Crippen molar-refractivity contribution in [3.63, 3.8) is 0 Å². The lowest BCUT2D eigenvalue weighted by Gasteiger charge is -2.12. The van der Waals surface area contributed by atoms with Gasteiger partial charge in [-0.15, -0.1) is 0 Å². The van der Waals surface area contributed by atoms with Crippen molar-refractivity contribution >= 4 is 32.5 Å². The van der Waals surface area contributed by atoms with E-state index in [0.717, 1.165) is 0 Å². The Morgan fingerprint density at radius 1 is 1.33 bits per heavy atom. The van der Waals surface area contributed by atoms with E-state index in [-0.39, 0.29) is 39.7 Å². The summed E-state index contributed by atoms with van der Waals surface area (Å²) in [6, 6.07) is 3.14. The number of nitrogens with zero attached hydrogens (tertiary/aromatic N) is 1. The maximum Gasteiger partial charge on any atom is 0.200 e. The fourth-order valence-corrected chi connectivity index (χ4v) is 3.92. The first-order valence-electron chi connectivity index (χ1n) is 6.60. The van der Waals surface area contributed by atoms with E-state index in [9.17, 15) is 8.42 Å². The van der Waals surface area contributed by atoms with Gasteiger partial charge >= 0.3 is 0 Å². The second kappa shape index (κ2) is 5.59. The van der Waals surface area contributed by atoms with Crippen LogP contribution >= 0.6 is 11.6 Å². The summed E-state index contributed by atoms with van der Waals surface area (Å²) in [5.74, 6) is 0.270. The summed E-state index contributed by atoms with van der Waals surface area (Å²) in [4.78, 5) is 4.30. The SMILES string of the molecule is CC(C)(C)c1nc2ccc(Cl)c(S(=O)(=O)CCCO)c2o1. The van der Waals surface area contributed by atoms with Crippen LogP contribution in [0.25, 0.3) is 11.1 Å². The molecule has 7 heteroatoms. The van der Waals surface area contributed by atoms with Crippen molar-refractivity contribution in [2.75, 3.05) is 12.4 Å². The van der Waals surface area contributed by atoms with Crippen molar-refractivity contribution < 1.29 is 17.9 Å². The summed E-state index contributed by atoms with van der Waals surface area (Å²) in [7, 11) is -3.64. The van der Waals surface area contributed by atoms with Gasteiger partial charge in [-0.05, 0) is 18.6 Å². The monoisotopic (exact) mass is 331 g/mol. The zero-order valence-electron chi connectivity index (χ0n) is 12.2. The number of hydrogen-bond acceptors (Lipinski definition) is 5. The minimum absolute atomic E-state index is 0.0434. The molecule has 0 atom stereocenters. The normalized spacial score (nSPS) is 13.0. The Morgan fingerprint density at radius 2 is 2.00 bits per heavy atom. The third-order valence-corrected chi connectivity index (χ3v) is 5.27. The highest BCUT2D eigenvalue weighted by Gasteiger charge is 2.27. The van der Waals surface area contributed by atoms with Crippen molar-refractivity contribution in [3.8, 4) is 0 Å². The van der Waals surface area contributed by atoms with E-state index in [0.29, 0.717) is 11.4 Å². The Balaban J connectivity index is 2.68. The Bertz CT molecular complexity index is 759. The summed E-state index contributed by atoms with van der Waals surface area (Å²) in [5, 5.41) is 8.95. The third-order valence-electron chi connectivity index (χ3n) is 2.99. The van der Waals surface area contributed by atoms with Crippen molar-refractivity contribution in [2.45, 2.75) is 37.5 Å².